The second-order valence-corrected chi connectivity index (χ2v) is 3.30. The zero-order valence-corrected chi connectivity index (χ0v) is 8.93. The van der Waals surface area contributed by atoms with E-state index in [9.17, 15) is 14.4 Å². The fourth-order valence-electron chi connectivity index (χ4n) is 1.20. The quantitative estimate of drug-likeness (QED) is 0.413. The average molecular weight is 220 g/mol. The monoisotopic (exact) mass is 220 g/mol. The molecule has 0 N–H and O–H groups in total. The number of carbonyl (C=O) groups excluding carboxylic acids is 3. The highest BCUT2D eigenvalue weighted by atomic mass is 16.5. The molecule has 1 aromatic carbocycles. The number of ether oxygens (including phenoxy) is 1. The van der Waals surface area contributed by atoms with E-state index < -0.39 is 0 Å². The number of hydrogen-bond donors (Lipinski definition) is 0. The highest BCUT2D eigenvalue weighted by Gasteiger charge is 2.08. The van der Waals surface area contributed by atoms with Crippen molar-refractivity contribution < 1.29 is 19.1 Å². The van der Waals surface area contributed by atoms with Crippen LogP contribution in [0.1, 0.15) is 23.7 Å². The summed E-state index contributed by atoms with van der Waals surface area (Å²) in [4.78, 5) is 32.3. The molecule has 0 radical (unpaired) electrons. The van der Waals surface area contributed by atoms with Crippen LogP contribution in [0.15, 0.2) is 24.3 Å². The van der Waals surface area contributed by atoms with Crippen LogP contribution < -0.4 is 4.74 Å². The van der Waals surface area contributed by atoms with Gasteiger partial charge in [0.2, 0.25) is 0 Å². The van der Waals surface area contributed by atoms with Crippen molar-refractivity contribution in [3.8, 4) is 5.75 Å². The summed E-state index contributed by atoms with van der Waals surface area (Å²) >= 11 is 0. The Kier molecular flexibility index (Phi) is 4.39. The molecule has 0 amide bonds. The van der Waals surface area contributed by atoms with Gasteiger partial charge in [-0.1, -0.05) is 0 Å². The lowest BCUT2D eigenvalue weighted by molar-refractivity contribution is -0.116. The lowest BCUT2D eigenvalue weighted by Gasteiger charge is -2.03. The smallest absolute Gasteiger partial charge is 0.170 e. The zero-order chi connectivity index (χ0) is 12.0. The first-order valence-electron chi connectivity index (χ1n) is 4.82. The van der Waals surface area contributed by atoms with E-state index in [2.05, 4.69) is 0 Å². The molecule has 0 spiro atoms. The number of hydrogen-bond acceptors (Lipinski definition) is 4. The average Bonchev–Trinajstić information content (AvgIpc) is 2.26. The summed E-state index contributed by atoms with van der Waals surface area (Å²) in [6.45, 7) is 1.36. The maximum atomic E-state index is 11.5. The third-order valence-electron chi connectivity index (χ3n) is 1.90. The highest BCUT2D eigenvalue weighted by Crippen LogP contribution is 2.13. The number of carbonyl (C=O) groups is 3. The van der Waals surface area contributed by atoms with Crippen LogP contribution in [0.4, 0.5) is 0 Å². The molecule has 0 atom stereocenters. The Bertz CT molecular complexity index is 392. The lowest BCUT2D eigenvalue weighted by atomic mass is 10.1. The van der Waals surface area contributed by atoms with Gasteiger partial charge in [-0.05, 0) is 31.2 Å². The minimum Gasteiger partial charge on any atom is -0.486 e. The van der Waals surface area contributed by atoms with Gasteiger partial charge in [-0.15, -0.1) is 0 Å². The summed E-state index contributed by atoms with van der Waals surface area (Å²) in [6.07, 6.45) is 0.559. The third-order valence-corrected chi connectivity index (χ3v) is 1.90. The standard InChI is InChI=1S/C12H12O4/c1-9(14)8-12(15)10-2-4-11(5-3-10)16-7-6-13/h2-6H,7-8H2,1H3. The first kappa shape index (κ1) is 12.1. The van der Waals surface area contributed by atoms with Crippen LogP contribution in [0.25, 0.3) is 0 Å². The normalized spacial score (nSPS) is 9.56. The Morgan fingerprint density at radius 1 is 1.25 bits per heavy atom. The number of benzene rings is 1. The summed E-state index contributed by atoms with van der Waals surface area (Å²) in [6, 6.07) is 6.34. The molecule has 4 heteroatoms. The van der Waals surface area contributed by atoms with E-state index in [1.165, 1.54) is 6.92 Å². The first-order chi connectivity index (χ1) is 7.63. The van der Waals surface area contributed by atoms with E-state index in [0.717, 1.165) is 0 Å². The third kappa shape index (κ3) is 3.65. The minimum absolute atomic E-state index is 0.0132. The van der Waals surface area contributed by atoms with Crippen LogP contribution in [-0.4, -0.2) is 24.5 Å². The maximum Gasteiger partial charge on any atom is 0.170 e. The first-order valence-corrected chi connectivity index (χ1v) is 4.82. The van der Waals surface area contributed by atoms with E-state index in [4.69, 9.17) is 4.74 Å². The zero-order valence-electron chi connectivity index (χ0n) is 8.93. The molecule has 0 fully saturated rings. The predicted molar refractivity (Wildman–Crippen MR) is 57.6 cm³/mol. The number of Topliss-reactive ketones (excluding diaryl/α,β-unsaturated/α-hetero) is 2. The number of ketones is 2. The SMILES string of the molecule is CC(=O)CC(=O)c1ccc(OCC=O)cc1. The van der Waals surface area contributed by atoms with Gasteiger partial charge in [0.15, 0.2) is 12.1 Å². The van der Waals surface area contributed by atoms with Gasteiger partial charge in [-0.3, -0.25) is 14.4 Å². The van der Waals surface area contributed by atoms with Crippen molar-refractivity contribution in [2.75, 3.05) is 6.61 Å². The van der Waals surface area contributed by atoms with Crippen LogP contribution in [0.3, 0.4) is 0 Å². The summed E-state index contributed by atoms with van der Waals surface area (Å²) in [5, 5.41) is 0. The van der Waals surface area contributed by atoms with Crippen molar-refractivity contribution in [3.05, 3.63) is 29.8 Å². The molecule has 0 aliphatic heterocycles. The van der Waals surface area contributed by atoms with Gasteiger partial charge in [0.1, 0.15) is 18.1 Å². The minimum atomic E-state index is -0.213. The Morgan fingerprint density at radius 3 is 2.38 bits per heavy atom. The molecule has 1 rings (SSSR count). The maximum absolute atomic E-state index is 11.5. The van der Waals surface area contributed by atoms with Crippen molar-refractivity contribution in [1.29, 1.82) is 0 Å². The van der Waals surface area contributed by atoms with E-state index in [1.807, 2.05) is 0 Å². The Hall–Kier alpha value is -1.97. The second-order valence-electron chi connectivity index (χ2n) is 3.30. The number of rotatable bonds is 6. The highest BCUT2D eigenvalue weighted by molar-refractivity contribution is 6.07. The van der Waals surface area contributed by atoms with E-state index in [0.29, 0.717) is 17.6 Å². The molecule has 0 aliphatic carbocycles. The van der Waals surface area contributed by atoms with Gasteiger partial charge < -0.3 is 4.74 Å². The molecule has 0 saturated heterocycles. The summed E-state index contributed by atoms with van der Waals surface area (Å²) in [5.41, 5.74) is 0.466. The van der Waals surface area contributed by atoms with Crippen molar-refractivity contribution in [1.82, 2.24) is 0 Å². The molecule has 84 valence electrons. The van der Waals surface area contributed by atoms with E-state index >= 15 is 0 Å². The van der Waals surface area contributed by atoms with Crippen LogP contribution in [0.5, 0.6) is 5.75 Å². The lowest BCUT2D eigenvalue weighted by Crippen LogP contribution is -2.05. The molecule has 4 nitrogen and oxygen atoms in total. The fourth-order valence-corrected chi connectivity index (χ4v) is 1.20. The summed E-state index contributed by atoms with van der Waals surface area (Å²) in [7, 11) is 0. The van der Waals surface area contributed by atoms with E-state index in [1.54, 1.807) is 24.3 Å². The molecule has 0 bridgehead atoms. The Morgan fingerprint density at radius 2 is 1.88 bits per heavy atom. The molecule has 0 aliphatic rings. The van der Waals surface area contributed by atoms with Gasteiger partial charge in [-0.25, -0.2) is 0 Å². The number of aldehydes is 1. The van der Waals surface area contributed by atoms with Crippen molar-refractivity contribution in [2.24, 2.45) is 0 Å². The Balaban J connectivity index is 2.66. The molecular formula is C12H12O4. The molecule has 0 heterocycles. The molecule has 16 heavy (non-hydrogen) atoms. The van der Waals surface area contributed by atoms with Gasteiger partial charge in [0.25, 0.3) is 0 Å². The predicted octanol–water partition coefficient (Wildman–Crippen LogP) is 1.43. The van der Waals surface area contributed by atoms with Crippen molar-refractivity contribution >= 4 is 17.9 Å². The van der Waals surface area contributed by atoms with Gasteiger partial charge in [-0.2, -0.15) is 0 Å². The van der Waals surface area contributed by atoms with E-state index in [-0.39, 0.29) is 24.6 Å². The topological polar surface area (TPSA) is 60.4 Å². The summed E-state index contributed by atoms with van der Waals surface area (Å²) < 4.78 is 5.02. The van der Waals surface area contributed by atoms with Crippen LogP contribution in [0, 0.1) is 0 Å². The van der Waals surface area contributed by atoms with Crippen LogP contribution in [0.2, 0.25) is 0 Å². The van der Waals surface area contributed by atoms with Crippen molar-refractivity contribution in [2.45, 2.75) is 13.3 Å². The van der Waals surface area contributed by atoms with Gasteiger partial charge >= 0.3 is 0 Å². The van der Waals surface area contributed by atoms with Crippen molar-refractivity contribution in [3.63, 3.8) is 0 Å². The summed E-state index contributed by atoms with van der Waals surface area (Å²) in [5.74, 6) is 0.146. The van der Waals surface area contributed by atoms with Gasteiger partial charge in [0.05, 0.1) is 6.42 Å². The molecule has 0 aromatic heterocycles. The second kappa shape index (κ2) is 5.80. The van der Waals surface area contributed by atoms with Crippen LogP contribution in [-0.2, 0) is 9.59 Å². The molecule has 1 aromatic rings. The fraction of sp³-hybridized carbons (Fsp3) is 0.250. The molecule has 0 unspecified atom stereocenters. The molecular weight excluding hydrogens is 208 g/mol. The Labute approximate surface area is 93.2 Å². The van der Waals surface area contributed by atoms with Gasteiger partial charge in [0, 0.05) is 5.56 Å². The van der Waals surface area contributed by atoms with Crippen LogP contribution >= 0.6 is 0 Å². The largest absolute Gasteiger partial charge is 0.486 e. The molecule has 0 saturated carbocycles.